The quantitative estimate of drug-likeness (QED) is 0.868. The van der Waals surface area contributed by atoms with E-state index in [0.29, 0.717) is 6.54 Å². The van der Waals surface area contributed by atoms with Crippen LogP contribution in [0.5, 0.6) is 0 Å². The Morgan fingerprint density at radius 2 is 1.80 bits per heavy atom. The van der Waals surface area contributed by atoms with Crippen LogP contribution in [0.2, 0.25) is 0 Å². The molecule has 0 radical (unpaired) electrons. The Morgan fingerprint density at radius 3 is 2.45 bits per heavy atom. The highest BCUT2D eigenvalue weighted by Gasteiger charge is 2.10. The minimum atomic E-state index is 0.694. The van der Waals surface area contributed by atoms with E-state index >= 15 is 0 Å². The van der Waals surface area contributed by atoms with E-state index in [9.17, 15) is 0 Å². The Kier molecular flexibility index (Phi) is 5.19. The fourth-order valence-corrected chi connectivity index (χ4v) is 2.55. The standard InChI is InChI=1S/C18H24N2/c1-3-20(14-16-7-5-4-6-8-16)18-10-9-15(2)13-17(18)11-12-19/h4-10,13H,3,11-12,14,19H2,1-2H3. The number of hydrogen-bond acceptors (Lipinski definition) is 2. The van der Waals surface area contributed by atoms with Crippen LogP contribution in [0.1, 0.15) is 23.6 Å². The van der Waals surface area contributed by atoms with Crippen LogP contribution >= 0.6 is 0 Å². The molecule has 0 aliphatic heterocycles. The molecule has 20 heavy (non-hydrogen) atoms. The van der Waals surface area contributed by atoms with Gasteiger partial charge in [0.05, 0.1) is 0 Å². The van der Waals surface area contributed by atoms with E-state index < -0.39 is 0 Å². The molecule has 106 valence electrons. The monoisotopic (exact) mass is 268 g/mol. The van der Waals surface area contributed by atoms with E-state index in [4.69, 9.17) is 5.73 Å². The number of rotatable bonds is 6. The van der Waals surface area contributed by atoms with E-state index in [1.165, 1.54) is 22.4 Å². The Morgan fingerprint density at radius 1 is 1.05 bits per heavy atom. The lowest BCUT2D eigenvalue weighted by molar-refractivity contribution is 0.818. The molecule has 0 bridgehead atoms. The Hall–Kier alpha value is -1.80. The Balaban J connectivity index is 2.27. The number of nitrogens with zero attached hydrogens (tertiary/aromatic N) is 1. The van der Waals surface area contributed by atoms with Crippen LogP contribution in [0.3, 0.4) is 0 Å². The number of hydrogen-bond donors (Lipinski definition) is 1. The van der Waals surface area contributed by atoms with Crippen molar-refractivity contribution >= 4 is 5.69 Å². The lowest BCUT2D eigenvalue weighted by Gasteiger charge is -2.26. The van der Waals surface area contributed by atoms with Gasteiger partial charge in [0, 0.05) is 18.8 Å². The average Bonchev–Trinajstić information content (AvgIpc) is 2.47. The number of anilines is 1. The lowest BCUT2D eigenvalue weighted by Crippen LogP contribution is -2.23. The van der Waals surface area contributed by atoms with Crippen LogP contribution in [-0.2, 0) is 13.0 Å². The smallest absolute Gasteiger partial charge is 0.0429 e. The molecule has 0 unspecified atom stereocenters. The summed E-state index contributed by atoms with van der Waals surface area (Å²) in [5, 5.41) is 0. The van der Waals surface area contributed by atoms with Gasteiger partial charge in [0.15, 0.2) is 0 Å². The van der Waals surface area contributed by atoms with E-state index in [1.807, 2.05) is 0 Å². The van der Waals surface area contributed by atoms with Crippen LogP contribution in [0.15, 0.2) is 48.5 Å². The molecule has 2 aromatic carbocycles. The summed E-state index contributed by atoms with van der Waals surface area (Å²) < 4.78 is 0. The molecule has 0 atom stereocenters. The number of benzene rings is 2. The number of nitrogens with two attached hydrogens (primary N) is 1. The van der Waals surface area contributed by atoms with E-state index in [-0.39, 0.29) is 0 Å². The average molecular weight is 268 g/mol. The maximum Gasteiger partial charge on any atom is 0.0429 e. The molecule has 0 fully saturated rings. The highest BCUT2D eigenvalue weighted by atomic mass is 15.1. The summed E-state index contributed by atoms with van der Waals surface area (Å²) >= 11 is 0. The zero-order valence-corrected chi connectivity index (χ0v) is 12.5. The van der Waals surface area contributed by atoms with Crippen molar-refractivity contribution in [2.75, 3.05) is 18.0 Å². The second-order valence-corrected chi connectivity index (χ2v) is 5.17. The second-order valence-electron chi connectivity index (χ2n) is 5.17. The summed E-state index contributed by atoms with van der Waals surface area (Å²) in [7, 11) is 0. The minimum absolute atomic E-state index is 0.694. The normalized spacial score (nSPS) is 10.6. The molecule has 0 aliphatic rings. The summed E-state index contributed by atoms with van der Waals surface area (Å²) in [5.74, 6) is 0. The molecular formula is C18H24N2. The van der Waals surface area contributed by atoms with Gasteiger partial charge in [-0.1, -0.05) is 48.0 Å². The third-order valence-electron chi connectivity index (χ3n) is 3.59. The van der Waals surface area contributed by atoms with Gasteiger partial charge in [-0.2, -0.15) is 0 Å². The van der Waals surface area contributed by atoms with Crippen molar-refractivity contribution in [1.82, 2.24) is 0 Å². The molecule has 0 heterocycles. The topological polar surface area (TPSA) is 29.3 Å². The first-order valence-electron chi connectivity index (χ1n) is 7.33. The molecule has 2 N–H and O–H groups in total. The molecule has 0 aliphatic carbocycles. The SMILES string of the molecule is CCN(Cc1ccccc1)c1ccc(C)cc1CCN. The molecule has 0 amide bonds. The van der Waals surface area contributed by atoms with Gasteiger partial charge in [0.1, 0.15) is 0 Å². The van der Waals surface area contributed by atoms with Crippen molar-refractivity contribution in [2.24, 2.45) is 5.73 Å². The maximum absolute atomic E-state index is 5.76. The van der Waals surface area contributed by atoms with Crippen molar-refractivity contribution in [3.05, 3.63) is 65.2 Å². The summed E-state index contributed by atoms with van der Waals surface area (Å²) in [6.45, 7) is 6.97. The van der Waals surface area contributed by atoms with Gasteiger partial charge < -0.3 is 10.6 Å². The molecule has 2 aromatic rings. The van der Waals surface area contributed by atoms with Crippen molar-refractivity contribution in [3.8, 4) is 0 Å². The van der Waals surface area contributed by atoms with Crippen molar-refractivity contribution in [2.45, 2.75) is 26.8 Å². The van der Waals surface area contributed by atoms with Gasteiger partial charge in [-0.05, 0) is 44.0 Å². The van der Waals surface area contributed by atoms with Crippen molar-refractivity contribution in [1.29, 1.82) is 0 Å². The van der Waals surface area contributed by atoms with Crippen molar-refractivity contribution in [3.63, 3.8) is 0 Å². The molecular weight excluding hydrogens is 244 g/mol. The van der Waals surface area contributed by atoms with Crippen molar-refractivity contribution < 1.29 is 0 Å². The predicted octanol–water partition coefficient (Wildman–Crippen LogP) is 3.52. The fourth-order valence-electron chi connectivity index (χ4n) is 2.55. The maximum atomic E-state index is 5.76. The summed E-state index contributed by atoms with van der Waals surface area (Å²) in [6, 6.07) is 17.3. The first-order chi connectivity index (χ1) is 9.74. The summed E-state index contributed by atoms with van der Waals surface area (Å²) in [5.41, 5.74) is 11.1. The fraction of sp³-hybridized carbons (Fsp3) is 0.333. The van der Waals surface area contributed by atoms with Gasteiger partial charge in [-0.25, -0.2) is 0 Å². The highest BCUT2D eigenvalue weighted by Crippen LogP contribution is 2.24. The molecule has 0 spiro atoms. The zero-order valence-electron chi connectivity index (χ0n) is 12.5. The number of aryl methyl sites for hydroxylation is 1. The Bertz CT molecular complexity index is 534. The van der Waals surface area contributed by atoms with E-state index in [2.05, 4.69) is 67.3 Å². The lowest BCUT2D eigenvalue weighted by atomic mass is 10.0. The van der Waals surface area contributed by atoms with E-state index in [1.54, 1.807) is 0 Å². The van der Waals surface area contributed by atoms with Crippen LogP contribution in [-0.4, -0.2) is 13.1 Å². The first-order valence-corrected chi connectivity index (χ1v) is 7.33. The molecule has 0 aromatic heterocycles. The van der Waals surface area contributed by atoms with Crippen LogP contribution in [0.25, 0.3) is 0 Å². The van der Waals surface area contributed by atoms with Gasteiger partial charge in [0.2, 0.25) is 0 Å². The Labute approximate surface area is 122 Å². The third kappa shape index (κ3) is 3.61. The molecule has 2 heteroatoms. The second kappa shape index (κ2) is 7.11. The third-order valence-corrected chi connectivity index (χ3v) is 3.59. The van der Waals surface area contributed by atoms with Gasteiger partial charge in [-0.15, -0.1) is 0 Å². The van der Waals surface area contributed by atoms with Gasteiger partial charge in [0.25, 0.3) is 0 Å². The molecule has 0 saturated heterocycles. The molecule has 0 saturated carbocycles. The minimum Gasteiger partial charge on any atom is -0.367 e. The summed E-state index contributed by atoms with van der Waals surface area (Å²) in [4.78, 5) is 2.42. The predicted molar refractivity (Wildman–Crippen MR) is 87.1 cm³/mol. The van der Waals surface area contributed by atoms with Crippen LogP contribution < -0.4 is 10.6 Å². The zero-order chi connectivity index (χ0) is 14.4. The van der Waals surface area contributed by atoms with Gasteiger partial charge in [-0.3, -0.25) is 0 Å². The van der Waals surface area contributed by atoms with Crippen LogP contribution in [0.4, 0.5) is 5.69 Å². The van der Waals surface area contributed by atoms with E-state index in [0.717, 1.165) is 19.5 Å². The highest BCUT2D eigenvalue weighted by molar-refractivity contribution is 5.55. The largest absolute Gasteiger partial charge is 0.367 e. The summed E-state index contributed by atoms with van der Waals surface area (Å²) in [6.07, 6.45) is 0.933. The van der Waals surface area contributed by atoms with Gasteiger partial charge >= 0.3 is 0 Å². The molecule has 2 rings (SSSR count). The molecule has 2 nitrogen and oxygen atoms in total. The first kappa shape index (κ1) is 14.6. The van der Waals surface area contributed by atoms with Crippen LogP contribution in [0, 0.1) is 6.92 Å².